The zero-order valence-electron chi connectivity index (χ0n) is 6.72. The summed E-state index contributed by atoms with van der Waals surface area (Å²) in [7, 11) is 0. The van der Waals surface area contributed by atoms with E-state index in [2.05, 4.69) is 0 Å². The average Bonchev–Trinajstić information content (AvgIpc) is 2.02. The fourth-order valence-electron chi connectivity index (χ4n) is 1.02. The first-order valence-corrected chi connectivity index (χ1v) is 3.69. The van der Waals surface area contributed by atoms with Gasteiger partial charge in [0.25, 0.3) is 0 Å². The lowest BCUT2D eigenvalue weighted by Crippen LogP contribution is -1.92. The van der Waals surface area contributed by atoms with Crippen molar-refractivity contribution in [1.82, 2.24) is 0 Å². The normalized spacial score (nSPS) is 9.62. The number of rotatable bonds is 2. The molecule has 1 aromatic rings. The molecule has 1 aromatic carbocycles. The molecule has 0 amide bonds. The summed E-state index contributed by atoms with van der Waals surface area (Å²) in [6.07, 6.45) is 0.185. The predicted molar refractivity (Wildman–Crippen MR) is 42.0 cm³/mol. The molecule has 4 heteroatoms. The van der Waals surface area contributed by atoms with Gasteiger partial charge < -0.3 is 5.11 Å². The van der Waals surface area contributed by atoms with Crippen LogP contribution in [0.25, 0.3) is 0 Å². The second-order valence-electron chi connectivity index (χ2n) is 2.54. The van der Waals surface area contributed by atoms with Crippen molar-refractivity contribution in [3.8, 4) is 11.8 Å². The molecule has 0 aliphatic heterocycles. The number of hydrogen-bond acceptors (Lipinski definition) is 2. The molecule has 0 aliphatic rings. The third-order valence-corrected chi connectivity index (χ3v) is 1.62. The monoisotopic (exact) mass is 183 g/mol. The highest BCUT2D eigenvalue weighted by Crippen LogP contribution is 2.22. The van der Waals surface area contributed by atoms with E-state index in [-0.39, 0.29) is 18.4 Å². The lowest BCUT2D eigenvalue weighted by molar-refractivity contribution is 0.450. The van der Waals surface area contributed by atoms with E-state index in [4.69, 9.17) is 10.4 Å². The van der Waals surface area contributed by atoms with Gasteiger partial charge in [0.2, 0.25) is 0 Å². The maximum Gasteiger partial charge on any atom is 0.133 e. The fraction of sp³-hybridized carbons (Fsp3) is 0.222. The van der Waals surface area contributed by atoms with Gasteiger partial charge in [-0.2, -0.15) is 5.26 Å². The lowest BCUT2D eigenvalue weighted by atomic mass is 10.1. The summed E-state index contributed by atoms with van der Waals surface area (Å²) >= 11 is 0. The van der Waals surface area contributed by atoms with Gasteiger partial charge in [0.1, 0.15) is 17.4 Å². The average molecular weight is 183 g/mol. The van der Waals surface area contributed by atoms with Gasteiger partial charge in [-0.1, -0.05) is 0 Å². The highest BCUT2D eigenvalue weighted by atomic mass is 19.1. The van der Waals surface area contributed by atoms with E-state index < -0.39 is 17.4 Å². The van der Waals surface area contributed by atoms with Gasteiger partial charge in [-0.05, 0) is 6.42 Å². The molecule has 68 valence electrons. The van der Waals surface area contributed by atoms with Crippen LogP contribution in [0.1, 0.15) is 12.0 Å². The van der Waals surface area contributed by atoms with Gasteiger partial charge in [-0.3, -0.25) is 0 Å². The van der Waals surface area contributed by atoms with Gasteiger partial charge in [0.15, 0.2) is 0 Å². The first-order valence-electron chi connectivity index (χ1n) is 3.69. The Morgan fingerprint density at radius 1 is 1.38 bits per heavy atom. The quantitative estimate of drug-likeness (QED) is 0.763. The van der Waals surface area contributed by atoms with Gasteiger partial charge in [0.05, 0.1) is 6.07 Å². The van der Waals surface area contributed by atoms with E-state index in [1.165, 1.54) is 0 Å². The summed E-state index contributed by atoms with van der Waals surface area (Å²) in [5.41, 5.74) is -0.0112. The van der Waals surface area contributed by atoms with Crippen LogP contribution < -0.4 is 0 Å². The topological polar surface area (TPSA) is 44.0 Å². The van der Waals surface area contributed by atoms with Crippen molar-refractivity contribution in [3.63, 3.8) is 0 Å². The Morgan fingerprint density at radius 3 is 2.62 bits per heavy atom. The minimum Gasteiger partial charge on any atom is -0.507 e. The maximum absolute atomic E-state index is 12.9. The minimum atomic E-state index is -0.823. The van der Waals surface area contributed by atoms with E-state index in [9.17, 15) is 8.78 Å². The molecule has 0 saturated carbocycles. The Labute approximate surface area is 74.0 Å². The molecule has 0 spiro atoms. The van der Waals surface area contributed by atoms with Crippen LogP contribution in [0.3, 0.4) is 0 Å². The van der Waals surface area contributed by atoms with Crippen molar-refractivity contribution in [2.75, 3.05) is 0 Å². The van der Waals surface area contributed by atoms with Crippen molar-refractivity contribution in [2.45, 2.75) is 12.8 Å². The molecule has 0 bridgehead atoms. The lowest BCUT2D eigenvalue weighted by Gasteiger charge is -2.03. The van der Waals surface area contributed by atoms with Gasteiger partial charge in [0, 0.05) is 24.1 Å². The Morgan fingerprint density at radius 2 is 2.08 bits per heavy atom. The van der Waals surface area contributed by atoms with Crippen LogP contribution in [0.2, 0.25) is 0 Å². The van der Waals surface area contributed by atoms with Crippen molar-refractivity contribution in [2.24, 2.45) is 0 Å². The van der Waals surface area contributed by atoms with Crippen LogP contribution in [0, 0.1) is 23.0 Å². The SMILES string of the molecule is N#CCCc1c(O)cc(F)cc1F. The van der Waals surface area contributed by atoms with E-state index in [1.54, 1.807) is 0 Å². The predicted octanol–water partition coefficient (Wildman–Crippen LogP) is 2.13. The van der Waals surface area contributed by atoms with Crippen molar-refractivity contribution in [3.05, 3.63) is 29.3 Å². The summed E-state index contributed by atoms with van der Waals surface area (Å²) < 4.78 is 25.4. The van der Waals surface area contributed by atoms with Gasteiger partial charge in [-0.25, -0.2) is 8.78 Å². The molecule has 2 nitrogen and oxygen atoms in total. The van der Waals surface area contributed by atoms with Crippen molar-refractivity contribution < 1.29 is 13.9 Å². The molecule has 0 atom stereocenters. The molecule has 1 N–H and O–H groups in total. The molecule has 0 fully saturated rings. The minimum absolute atomic E-state index is 0.0112. The number of benzene rings is 1. The van der Waals surface area contributed by atoms with E-state index in [0.717, 1.165) is 6.07 Å². The van der Waals surface area contributed by atoms with Crippen LogP contribution >= 0.6 is 0 Å². The molecule has 13 heavy (non-hydrogen) atoms. The number of hydrogen-bond donors (Lipinski definition) is 1. The zero-order valence-corrected chi connectivity index (χ0v) is 6.72. The van der Waals surface area contributed by atoms with E-state index >= 15 is 0 Å². The fourth-order valence-corrected chi connectivity index (χ4v) is 1.02. The number of aromatic hydroxyl groups is 1. The van der Waals surface area contributed by atoms with E-state index in [0.29, 0.717) is 6.07 Å². The molecule has 0 aromatic heterocycles. The highest BCUT2D eigenvalue weighted by molar-refractivity contribution is 5.34. The molecule has 0 radical (unpaired) electrons. The highest BCUT2D eigenvalue weighted by Gasteiger charge is 2.09. The molecule has 1 rings (SSSR count). The summed E-state index contributed by atoms with van der Waals surface area (Å²) in [4.78, 5) is 0. The van der Waals surface area contributed by atoms with Crippen LogP contribution in [-0.4, -0.2) is 5.11 Å². The largest absolute Gasteiger partial charge is 0.507 e. The second-order valence-corrected chi connectivity index (χ2v) is 2.54. The summed E-state index contributed by atoms with van der Waals surface area (Å²) in [6.45, 7) is 0. The summed E-state index contributed by atoms with van der Waals surface area (Å²) in [6, 6.07) is 3.33. The Kier molecular flexibility index (Phi) is 2.80. The van der Waals surface area contributed by atoms with Crippen LogP contribution in [-0.2, 0) is 6.42 Å². The van der Waals surface area contributed by atoms with Crippen LogP contribution in [0.4, 0.5) is 8.78 Å². The summed E-state index contributed by atoms with van der Waals surface area (Å²) in [5, 5.41) is 17.3. The smallest absolute Gasteiger partial charge is 0.133 e. The third-order valence-electron chi connectivity index (χ3n) is 1.62. The van der Waals surface area contributed by atoms with Crippen LogP contribution in [0.15, 0.2) is 12.1 Å². The second kappa shape index (κ2) is 3.85. The van der Waals surface area contributed by atoms with Crippen LogP contribution in [0.5, 0.6) is 5.75 Å². The number of nitrogens with zero attached hydrogens (tertiary/aromatic N) is 1. The Balaban J connectivity index is 3.00. The molecular formula is C9H7F2NO. The zero-order chi connectivity index (χ0) is 9.84. The first-order chi connectivity index (χ1) is 6.15. The number of nitriles is 1. The van der Waals surface area contributed by atoms with Crippen molar-refractivity contribution >= 4 is 0 Å². The van der Waals surface area contributed by atoms with Crippen molar-refractivity contribution in [1.29, 1.82) is 5.26 Å². The molecular weight excluding hydrogens is 176 g/mol. The molecule has 0 unspecified atom stereocenters. The first kappa shape index (κ1) is 9.46. The number of phenols is 1. The molecule has 0 saturated heterocycles. The maximum atomic E-state index is 12.9. The molecule has 0 aliphatic carbocycles. The summed E-state index contributed by atoms with van der Waals surface area (Å²) in [5.74, 6) is -2.07. The van der Waals surface area contributed by atoms with Gasteiger partial charge in [-0.15, -0.1) is 0 Å². The van der Waals surface area contributed by atoms with Gasteiger partial charge >= 0.3 is 0 Å². The standard InChI is InChI=1S/C9H7F2NO/c10-6-4-8(11)7(2-1-3-12)9(13)5-6/h4-5,13H,1-2H2. The Hall–Kier alpha value is -1.63. The Bertz CT molecular complexity index is 334. The number of phenolic OH excluding ortho intramolecular Hbond substituents is 1. The molecule has 0 heterocycles. The van der Waals surface area contributed by atoms with E-state index in [1.807, 2.05) is 6.07 Å². The third kappa shape index (κ3) is 2.15. The number of halogens is 2.